The molecular formula is C44H47INOPSSi. The molecule has 0 aliphatic heterocycles. The Balaban J connectivity index is 0.00000486. The third kappa shape index (κ3) is 7.98. The van der Waals surface area contributed by atoms with Crippen molar-refractivity contribution in [1.29, 1.82) is 0 Å². The first-order chi connectivity index (χ1) is 23.7. The lowest BCUT2D eigenvalue weighted by atomic mass is 10.1. The van der Waals surface area contributed by atoms with E-state index in [0.29, 0.717) is 0 Å². The van der Waals surface area contributed by atoms with Gasteiger partial charge >= 0.3 is 0 Å². The monoisotopic (exact) mass is 823 g/mol. The second kappa shape index (κ2) is 16.9. The summed E-state index contributed by atoms with van der Waals surface area (Å²) < 4.78 is 7.98. The van der Waals surface area contributed by atoms with Crippen molar-refractivity contribution in [2.24, 2.45) is 0 Å². The van der Waals surface area contributed by atoms with Gasteiger partial charge in [-0.2, -0.15) is 0 Å². The van der Waals surface area contributed by atoms with Crippen molar-refractivity contribution in [1.82, 2.24) is 4.98 Å². The number of rotatable bonds is 12. The number of hydrogen-bond donors (Lipinski definition) is 0. The fourth-order valence-corrected chi connectivity index (χ4v) is 16.9. The van der Waals surface area contributed by atoms with Crippen LogP contribution in [0.1, 0.15) is 44.8 Å². The van der Waals surface area contributed by atoms with Crippen molar-refractivity contribution < 1.29 is 28.4 Å². The smallest absolute Gasteiger partial charge is 0.261 e. The number of aromatic nitrogens is 1. The molecule has 0 saturated heterocycles. The summed E-state index contributed by atoms with van der Waals surface area (Å²) in [5.74, 6) is 0. The molecule has 2 nitrogen and oxygen atoms in total. The van der Waals surface area contributed by atoms with Crippen molar-refractivity contribution in [3.63, 3.8) is 0 Å². The summed E-state index contributed by atoms with van der Waals surface area (Å²) in [6, 6.07) is 55.7. The molecule has 0 bridgehead atoms. The van der Waals surface area contributed by atoms with E-state index in [2.05, 4.69) is 198 Å². The van der Waals surface area contributed by atoms with Crippen LogP contribution in [0.15, 0.2) is 163 Å². The van der Waals surface area contributed by atoms with E-state index in [1.54, 1.807) is 11.3 Å². The molecule has 1 unspecified atom stereocenters. The summed E-state index contributed by atoms with van der Waals surface area (Å²) >= 11 is 1.70. The summed E-state index contributed by atoms with van der Waals surface area (Å²) in [6.07, 6.45) is 3.96. The van der Waals surface area contributed by atoms with Crippen molar-refractivity contribution in [2.75, 3.05) is 6.16 Å². The molecule has 256 valence electrons. The average Bonchev–Trinajstić information content (AvgIpc) is 3.55. The van der Waals surface area contributed by atoms with Crippen LogP contribution in [0.2, 0.25) is 5.04 Å². The molecule has 0 amide bonds. The first-order valence-corrected chi connectivity index (χ1v) is 21.9. The van der Waals surface area contributed by atoms with E-state index in [4.69, 9.17) is 9.41 Å². The maximum atomic E-state index is 7.98. The second-order valence-corrected chi connectivity index (χ2v) is 22.7. The second-order valence-electron chi connectivity index (χ2n) is 13.8. The fraction of sp³-hybridized carbons (Fsp3) is 0.205. The minimum Gasteiger partial charge on any atom is -1.00 e. The Morgan fingerprint density at radius 3 is 1.46 bits per heavy atom. The van der Waals surface area contributed by atoms with E-state index < -0.39 is 15.6 Å². The van der Waals surface area contributed by atoms with Gasteiger partial charge < -0.3 is 28.4 Å². The van der Waals surface area contributed by atoms with Gasteiger partial charge in [-0.25, -0.2) is 4.98 Å². The van der Waals surface area contributed by atoms with Gasteiger partial charge in [0.15, 0.2) is 0 Å². The molecule has 1 aromatic heterocycles. The maximum absolute atomic E-state index is 7.98. The molecule has 0 fully saturated rings. The number of halogens is 1. The molecule has 0 aliphatic rings. The third-order valence-electron chi connectivity index (χ3n) is 9.57. The predicted molar refractivity (Wildman–Crippen MR) is 218 cm³/mol. The van der Waals surface area contributed by atoms with Gasteiger partial charge in [0, 0.05) is 11.8 Å². The molecule has 0 radical (unpaired) electrons. The molecule has 6 aromatic rings. The Morgan fingerprint density at radius 2 is 1.10 bits per heavy atom. The molecule has 6 heteroatoms. The van der Waals surface area contributed by atoms with Crippen LogP contribution in [0.3, 0.4) is 0 Å². The Hall–Kier alpha value is -3.19. The van der Waals surface area contributed by atoms with Crippen molar-refractivity contribution >= 4 is 59.3 Å². The molecule has 1 heterocycles. The summed E-state index contributed by atoms with van der Waals surface area (Å²) in [7, 11) is -4.95. The Morgan fingerprint density at radius 1 is 0.700 bits per heavy atom. The standard InChI is InChI=1S/C44H47NOPSSi.HI/c1-35(33-37-34-48-36(2)45-37)43(46-49(44(3,4)5,41-27-17-9-18-28-41)42-29-19-10-20-30-42)31-32-47(38-21-11-6-12-22-38,39-23-13-7-14-24-39)40-25-15-8-16-26-40;/h6-30,33-34,43H,31-32H2,1-5H3;1H/q+1;/p-1/b35-33+;. The van der Waals surface area contributed by atoms with Crippen LogP contribution in [0, 0.1) is 6.92 Å². The molecule has 50 heavy (non-hydrogen) atoms. The van der Waals surface area contributed by atoms with Gasteiger partial charge in [-0.3, -0.25) is 0 Å². The zero-order valence-electron chi connectivity index (χ0n) is 29.7. The van der Waals surface area contributed by atoms with Gasteiger partial charge in [0.2, 0.25) is 0 Å². The van der Waals surface area contributed by atoms with Gasteiger partial charge in [-0.1, -0.05) is 136 Å². The molecule has 0 aliphatic carbocycles. The number of thiazole rings is 1. The number of benzene rings is 5. The van der Waals surface area contributed by atoms with Gasteiger partial charge in [0.1, 0.15) is 23.2 Å². The molecule has 0 N–H and O–H groups in total. The van der Waals surface area contributed by atoms with Crippen LogP contribution in [0.5, 0.6) is 0 Å². The zero-order chi connectivity index (χ0) is 34.3. The van der Waals surface area contributed by atoms with Crippen LogP contribution in [-0.2, 0) is 4.43 Å². The normalized spacial score (nSPS) is 13.0. The molecule has 0 spiro atoms. The van der Waals surface area contributed by atoms with Gasteiger partial charge in [0.05, 0.1) is 23.0 Å². The highest BCUT2D eigenvalue weighted by atomic mass is 127. The molecule has 5 aromatic carbocycles. The van der Waals surface area contributed by atoms with Gasteiger partial charge in [-0.05, 0) is 77.3 Å². The van der Waals surface area contributed by atoms with E-state index in [-0.39, 0.29) is 35.1 Å². The van der Waals surface area contributed by atoms with Gasteiger partial charge in [-0.15, -0.1) is 11.3 Å². The topological polar surface area (TPSA) is 22.1 Å². The van der Waals surface area contributed by atoms with Crippen LogP contribution >= 0.6 is 18.6 Å². The Bertz CT molecular complexity index is 1810. The lowest BCUT2D eigenvalue weighted by Gasteiger charge is -2.45. The highest BCUT2D eigenvalue weighted by Crippen LogP contribution is 2.56. The predicted octanol–water partition coefficient (Wildman–Crippen LogP) is 6.19. The molecule has 1 atom stereocenters. The van der Waals surface area contributed by atoms with E-state index in [9.17, 15) is 0 Å². The lowest BCUT2D eigenvalue weighted by molar-refractivity contribution is -0.0000107. The Kier molecular flexibility index (Phi) is 12.8. The maximum Gasteiger partial charge on any atom is 0.261 e. The highest BCUT2D eigenvalue weighted by molar-refractivity contribution is 7.95. The molecule has 6 rings (SSSR count). The average molecular weight is 824 g/mol. The summed E-state index contributed by atoms with van der Waals surface area (Å²) in [4.78, 5) is 4.85. The minimum absolute atomic E-state index is 0. The minimum atomic E-state index is -2.87. The number of nitrogens with zero attached hydrogens (tertiary/aromatic N) is 1. The molecular weight excluding hydrogens is 777 g/mol. The van der Waals surface area contributed by atoms with Crippen LogP contribution in [0.25, 0.3) is 6.08 Å². The SMILES string of the molecule is C/C(=C\c1csc(C)n1)C(CC[P+](c1ccccc1)(c1ccccc1)c1ccccc1)O[Si](c1ccccc1)(c1ccccc1)C(C)(C)C.[I-]. The van der Waals surface area contributed by atoms with Crippen molar-refractivity contribution in [3.05, 3.63) is 173 Å². The van der Waals surface area contributed by atoms with Gasteiger partial charge in [0.25, 0.3) is 8.32 Å². The molecule has 0 saturated carbocycles. The van der Waals surface area contributed by atoms with E-state index in [1.165, 1.54) is 31.9 Å². The van der Waals surface area contributed by atoms with Crippen molar-refractivity contribution in [3.8, 4) is 0 Å². The van der Waals surface area contributed by atoms with Crippen molar-refractivity contribution in [2.45, 2.75) is 52.2 Å². The Labute approximate surface area is 322 Å². The number of hydrogen-bond acceptors (Lipinski definition) is 3. The van der Waals surface area contributed by atoms with E-state index in [0.717, 1.165) is 23.3 Å². The highest BCUT2D eigenvalue weighted by Gasteiger charge is 2.52. The zero-order valence-corrected chi connectivity index (χ0v) is 34.5. The van der Waals surface area contributed by atoms with E-state index in [1.807, 2.05) is 0 Å². The summed E-state index contributed by atoms with van der Waals surface area (Å²) in [5, 5.41) is 9.88. The lowest BCUT2D eigenvalue weighted by Crippen LogP contribution is -3.00. The van der Waals surface area contributed by atoms with Crippen LogP contribution < -0.4 is 50.3 Å². The third-order valence-corrected chi connectivity index (χ3v) is 19.9. The fourth-order valence-electron chi connectivity index (χ4n) is 7.25. The van der Waals surface area contributed by atoms with E-state index >= 15 is 0 Å². The number of aryl methyl sites for hydroxylation is 1. The largest absolute Gasteiger partial charge is 1.00 e. The van der Waals surface area contributed by atoms with Crippen LogP contribution in [-0.4, -0.2) is 25.6 Å². The first-order valence-electron chi connectivity index (χ1n) is 17.2. The quantitative estimate of drug-likeness (QED) is 0.0836. The van der Waals surface area contributed by atoms with Crippen LogP contribution in [0.4, 0.5) is 0 Å². The summed E-state index contributed by atoms with van der Waals surface area (Å²) in [6.45, 7) is 11.4. The first kappa shape index (κ1) is 38.0. The summed E-state index contributed by atoms with van der Waals surface area (Å²) in [5.41, 5.74) is 2.22.